The van der Waals surface area contributed by atoms with E-state index in [1.54, 1.807) is 4.90 Å². The molecule has 0 rings (SSSR count). The number of nitrogens with zero attached hydrogens (tertiary/aromatic N) is 1. The van der Waals surface area contributed by atoms with Gasteiger partial charge in [-0.15, -0.1) is 12.4 Å². The molecule has 0 aromatic heterocycles. The van der Waals surface area contributed by atoms with Gasteiger partial charge in [0.2, 0.25) is 0 Å². The first kappa shape index (κ1) is 18.0. The van der Waals surface area contributed by atoms with Crippen LogP contribution in [0.25, 0.3) is 0 Å². The van der Waals surface area contributed by atoms with Crippen LogP contribution in [-0.4, -0.2) is 52.3 Å². The third kappa shape index (κ3) is 10.1. The van der Waals surface area contributed by atoms with Crippen LogP contribution in [0.15, 0.2) is 0 Å². The molecule has 78 valence electrons. The minimum Gasteiger partial charge on any atom is -0.412 e. The van der Waals surface area contributed by atoms with Crippen LogP contribution >= 0.6 is 12.4 Å². The maximum Gasteiger partial charge on any atom is 0.268 e. The van der Waals surface area contributed by atoms with Gasteiger partial charge in [-0.05, 0) is 14.1 Å². The van der Waals surface area contributed by atoms with Crippen molar-refractivity contribution in [1.82, 2.24) is 4.90 Å². The highest BCUT2D eigenvalue weighted by molar-refractivity contribution is 7.86. The minimum atomic E-state index is -3.26. The highest BCUT2D eigenvalue weighted by Gasteiger charge is 2.07. The van der Waals surface area contributed by atoms with Gasteiger partial charge >= 0.3 is 0 Å². The molecule has 0 aromatic rings. The van der Waals surface area contributed by atoms with Gasteiger partial charge in [0.1, 0.15) is 0 Å². The zero-order chi connectivity index (χ0) is 8.20. The van der Waals surface area contributed by atoms with Crippen LogP contribution < -0.4 is 0 Å². The first-order chi connectivity index (χ1) is 4.48. The Morgan fingerprint density at radius 2 is 1.75 bits per heavy atom. The minimum absolute atomic E-state index is 0. The molecular weight excluding hydrogens is 206 g/mol. The standard InChI is InChI=1S/C5H13NO3S.ClH.H2O/c1-6(2)4-5-10(7,8)9-3;;/h4-5H2,1-3H3;1H;1H2. The molecule has 0 saturated carbocycles. The van der Waals surface area contributed by atoms with Crippen LogP contribution in [0.1, 0.15) is 0 Å². The molecule has 0 aliphatic heterocycles. The molecule has 7 heteroatoms. The lowest BCUT2D eigenvalue weighted by Gasteiger charge is -2.07. The average Bonchev–Trinajstić information content (AvgIpc) is 1.85. The lowest BCUT2D eigenvalue weighted by molar-refractivity contribution is 0.380. The molecule has 0 amide bonds. The van der Waals surface area contributed by atoms with E-state index in [0.717, 1.165) is 0 Å². The van der Waals surface area contributed by atoms with Crippen LogP contribution in [0.3, 0.4) is 0 Å². The summed E-state index contributed by atoms with van der Waals surface area (Å²) in [6, 6.07) is 0. The topological polar surface area (TPSA) is 78.1 Å². The molecule has 0 aliphatic carbocycles. The van der Waals surface area contributed by atoms with Crippen LogP contribution in [0, 0.1) is 0 Å². The molecule has 0 fully saturated rings. The molecule has 0 radical (unpaired) electrons. The number of rotatable bonds is 4. The largest absolute Gasteiger partial charge is 0.412 e. The molecule has 5 nitrogen and oxygen atoms in total. The van der Waals surface area contributed by atoms with Crippen molar-refractivity contribution in [3.63, 3.8) is 0 Å². The van der Waals surface area contributed by atoms with Gasteiger partial charge in [-0.1, -0.05) is 0 Å². The third-order valence-electron chi connectivity index (χ3n) is 1.04. The molecule has 0 aliphatic rings. The van der Waals surface area contributed by atoms with Gasteiger partial charge in [0, 0.05) is 6.54 Å². The molecule has 0 spiro atoms. The Morgan fingerprint density at radius 3 is 2.00 bits per heavy atom. The second-order valence-electron chi connectivity index (χ2n) is 2.23. The molecule has 2 N–H and O–H groups in total. The first-order valence-electron chi connectivity index (χ1n) is 2.91. The Kier molecular flexibility index (Phi) is 11.6. The summed E-state index contributed by atoms with van der Waals surface area (Å²) in [6.45, 7) is 0.496. The van der Waals surface area contributed by atoms with Gasteiger partial charge in [-0.25, -0.2) is 0 Å². The van der Waals surface area contributed by atoms with E-state index < -0.39 is 10.1 Å². The van der Waals surface area contributed by atoms with Crippen molar-refractivity contribution in [3.05, 3.63) is 0 Å². The Bertz CT molecular complexity index is 180. The van der Waals surface area contributed by atoms with Crippen molar-refractivity contribution in [2.24, 2.45) is 0 Å². The molecule has 0 unspecified atom stereocenters. The van der Waals surface area contributed by atoms with Crippen molar-refractivity contribution in [2.45, 2.75) is 0 Å². The summed E-state index contributed by atoms with van der Waals surface area (Å²) >= 11 is 0. The van der Waals surface area contributed by atoms with Crippen LogP contribution in [0.2, 0.25) is 0 Å². The molecular formula is C5H16ClNO4S. The van der Waals surface area contributed by atoms with E-state index >= 15 is 0 Å². The average molecular weight is 222 g/mol. The Balaban J connectivity index is -0.000000405. The fraction of sp³-hybridized carbons (Fsp3) is 1.00. The molecule has 0 saturated heterocycles. The predicted octanol–water partition coefficient (Wildman–Crippen LogP) is -0.879. The quantitative estimate of drug-likeness (QED) is 0.578. The lowest BCUT2D eigenvalue weighted by Crippen LogP contribution is -2.22. The number of halogens is 1. The molecule has 0 heterocycles. The fourth-order valence-corrected chi connectivity index (χ4v) is 1.13. The van der Waals surface area contributed by atoms with Crippen molar-refractivity contribution >= 4 is 22.5 Å². The zero-order valence-corrected chi connectivity index (χ0v) is 9.04. The Hall–Kier alpha value is 0.120. The highest BCUT2D eigenvalue weighted by atomic mass is 35.5. The third-order valence-corrected chi connectivity index (χ3v) is 2.23. The van der Waals surface area contributed by atoms with E-state index in [-0.39, 0.29) is 23.6 Å². The van der Waals surface area contributed by atoms with Gasteiger partial charge in [0.15, 0.2) is 0 Å². The molecule has 0 bridgehead atoms. The Labute approximate surface area is 79.5 Å². The summed E-state index contributed by atoms with van der Waals surface area (Å²) in [5, 5.41) is 0. The number of hydrogen-bond acceptors (Lipinski definition) is 4. The van der Waals surface area contributed by atoms with Gasteiger partial charge in [-0.2, -0.15) is 8.42 Å². The van der Waals surface area contributed by atoms with E-state index in [9.17, 15) is 8.42 Å². The smallest absolute Gasteiger partial charge is 0.268 e. The van der Waals surface area contributed by atoms with E-state index in [2.05, 4.69) is 4.18 Å². The van der Waals surface area contributed by atoms with E-state index in [0.29, 0.717) is 6.54 Å². The highest BCUT2D eigenvalue weighted by Crippen LogP contribution is 1.89. The van der Waals surface area contributed by atoms with Crippen LogP contribution in [0.4, 0.5) is 0 Å². The monoisotopic (exact) mass is 221 g/mol. The summed E-state index contributed by atoms with van der Waals surface area (Å²) in [6.07, 6.45) is 0. The summed E-state index contributed by atoms with van der Waals surface area (Å²) < 4.78 is 25.5. The fourth-order valence-electron chi connectivity index (χ4n) is 0.378. The second kappa shape index (κ2) is 7.75. The van der Waals surface area contributed by atoms with Crippen LogP contribution in [0.5, 0.6) is 0 Å². The summed E-state index contributed by atoms with van der Waals surface area (Å²) in [7, 11) is 1.54. The van der Waals surface area contributed by atoms with E-state index in [4.69, 9.17) is 0 Å². The summed E-state index contributed by atoms with van der Waals surface area (Å²) in [5.41, 5.74) is 0. The zero-order valence-electron chi connectivity index (χ0n) is 7.40. The number of hydrogen-bond donors (Lipinski definition) is 0. The first-order valence-corrected chi connectivity index (χ1v) is 4.48. The van der Waals surface area contributed by atoms with E-state index in [1.165, 1.54) is 7.11 Å². The maximum atomic E-state index is 10.7. The Morgan fingerprint density at radius 1 is 1.33 bits per heavy atom. The van der Waals surface area contributed by atoms with Gasteiger partial charge in [-0.3, -0.25) is 4.18 Å². The SMILES string of the molecule is COS(=O)(=O)CCN(C)C.Cl.O. The van der Waals surface area contributed by atoms with Crippen LogP contribution in [-0.2, 0) is 14.3 Å². The van der Waals surface area contributed by atoms with E-state index in [1.807, 2.05) is 14.1 Å². The van der Waals surface area contributed by atoms with Gasteiger partial charge in [0.25, 0.3) is 10.1 Å². The normalized spacial score (nSPS) is 10.3. The van der Waals surface area contributed by atoms with Crippen molar-refractivity contribution < 1.29 is 18.1 Å². The molecule has 12 heavy (non-hydrogen) atoms. The van der Waals surface area contributed by atoms with Crippen molar-refractivity contribution in [1.29, 1.82) is 0 Å². The lowest BCUT2D eigenvalue weighted by atomic mass is 10.7. The molecule has 0 aromatic carbocycles. The van der Waals surface area contributed by atoms with Crippen molar-refractivity contribution in [2.75, 3.05) is 33.5 Å². The second-order valence-corrected chi connectivity index (χ2v) is 4.09. The predicted molar refractivity (Wildman–Crippen MR) is 50.2 cm³/mol. The van der Waals surface area contributed by atoms with Gasteiger partial charge < -0.3 is 10.4 Å². The van der Waals surface area contributed by atoms with Crippen molar-refractivity contribution in [3.8, 4) is 0 Å². The molecule has 0 atom stereocenters. The summed E-state index contributed by atoms with van der Waals surface area (Å²) in [4.78, 5) is 1.79. The summed E-state index contributed by atoms with van der Waals surface area (Å²) in [5.74, 6) is 0.0521. The maximum absolute atomic E-state index is 10.7. The van der Waals surface area contributed by atoms with Gasteiger partial charge in [0.05, 0.1) is 12.9 Å².